The number of benzene rings is 3. The van der Waals surface area contributed by atoms with E-state index in [0.717, 1.165) is 24.4 Å². The molecule has 14 heteroatoms. The molecule has 232 valence electrons. The average molecular weight is 616 g/mol. The summed E-state index contributed by atoms with van der Waals surface area (Å²) in [7, 11) is 1.33. The van der Waals surface area contributed by atoms with Crippen LogP contribution < -0.4 is 14.8 Å². The van der Waals surface area contributed by atoms with Crippen LogP contribution in [0.4, 0.5) is 18.9 Å². The van der Waals surface area contributed by atoms with Crippen LogP contribution >= 0.6 is 0 Å². The van der Waals surface area contributed by atoms with E-state index < -0.39 is 47.3 Å². The van der Waals surface area contributed by atoms with E-state index in [1.165, 1.54) is 23.8 Å². The standard InChI is InChI=1S/C30H28F3N3O8/c1-43-26-13-19(8-12-28(38)39)7-11-25(26)44-17-27(37)34-18-29(40,30(31,32)33)23-16-35(15-20-5-3-2-4-6-20)24-14-21(36(41)42)9-10-22(23)24/h2-7,9-11,13-14,16,40H,8,12,15,17-18H2,1H3,(H,34,37)(H,38,39). The molecule has 4 rings (SSSR count). The van der Waals surface area contributed by atoms with Crippen molar-refractivity contribution in [3.63, 3.8) is 0 Å². The van der Waals surface area contributed by atoms with Crippen LogP contribution in [-0.4, -0.2) is 58.0 Å². The summed E-state index contributed by atoms with van der Waals surface area (Å²) >= 11 is 0. The minimum Gasteiger partial charge on any atom is -0.493 e. The summed E-state index contributed by atoms with van der Waals surface area (Å²) in [5, 5.41) is 33.4. The number of methoxy groups -OCH3 is 1. The SMILES string of the molecule is COc1cc(CCC(=O)O)ccc1OCC(=O)NCC(O)(c1cn(Cc2ccccc2)c2cc([N+](=O)[O-])ccc12)C(F)(F)F. The van der Waals surface area contributed by atoms with E-state index in [1.807, 2.05) is 0 Å². The maximum atomic E-state index is 14.5. The number of nitrogens with zero attached hydrogens (tertiary/aromatic N) is 2. The third-order valence-electron chi connectivity index (χ3n) is 6.94. The van der Waals surface area contributed by atoms with Gasteiger partial charge in [0.2, 0.25) is 5.60 Å². The number of carboxylic acid groups (broad SMARTS) is 1. The summed E-state index contributed by atoms with van der Waals surface area (Å²) in [6.07, 6.45) is -4.08. The van der Waals surface area contributed by atoms with Crippen LogP contribution in [0, 0.1) is 10.1 Å². The number of nitro groups is 1. The average Bonchev–Trinajstić information content (AvgIpc) is 3.35. The van der Waals surface area contributed by atoms with Crippen molar-refractivity contribution < 1.29 is 47.4 Å². The van der Waals surface area contributed by atoms with Gasteiger partial charge in [-0.3, -0.25) is 19.7 Å². The molecule has 11 nitrogen and oxygen atoms in total. The van der Waals surface area contributed by atoms with Gasteiger partial charge in [-0.05, 0) is 35.7 Å². The molecule has 1 aromatic heterocycles. The summed E-state index contributed by atoms with van der Waals surface area (Å²) in [6.45, 7) is -1.93. The molecule has 0 aliphatic carbocycles. The number of aryl methyl sites for hydroxylation is 1. The van der Waals surface area contributed by atoms with Crippen LogP contribution in [-0.2, 0) is 28.2 Å². The number of aromatic nitrogens is 1. The predicted octanol–water partition coefficient (Wildman–Crippen LogP) is 4.57. The number of ether oxygens (including phenoxy) is 2. The summed E-state index contributed by atoms with van der Waals surface area (Å²) in [5.41, 5.74) is -3.08. The number of halogens is 3. The largest absolute Gasteiger partial charge is 0.493 e. The molecule has 0 saturated heterocycles. The Hall–Kier alpha value is -5.11. The van der Waals surface area contributed by atoms with Gasteiger partial charge in [0.1, 0.15) is 0 Å². The van der Waals surface area contributed by atoms with E-state index in [0.29, 0.717) is 11.1 Å². The van der Waals surface area contributed by atoms with Gasteiger partial charge in [0.05, 0.1) is 24.1 Å². The highest BCUT2D eigenvalue weighted by molar-refractivity contribution is 5.87. The van der Waals surface area contributed by atoms with Gasteiger partial charge in [-0.1, -0.05) is 36.4 Å². The number of aliphatic carboxylic acids is 1. The Bertz CT molecular complexity index is 1670. The topological polar surface area (TPSA) is 153 Å². The van der Waals surface area contributed by atoms with Crippen molar-refractivity contribution >= 4 is 28.5 Å². The lowest BCUT2D eigenvalue weighted by Gasteiger charge is -2.30. The number of aliphatic hydroxyl groups is 1. The molecule has 3 aromatic carbocycles. The molecule has 0 saturated carbocycles. The number of hydrogen-bond donors (Lipinski definition) is 3. The number of carbonyl (C=O) groups is 2. The molecule has 1 amide bonds. The molecular formula is C30H28F3N3O8. The van der Waals surface area contributed by atoms with Crippen LogP contribution in [0.25, 0.3) is 10.9 Å². The molecule has 44 heavy (non-hydrogen) atoms. The van der Waals surface area contributed by atoms with Crippen molar-refractivity contribution in [2.75, 3.05) is 20.3 Å². The molecule has 0 radical (unpaired) electrons. The molecule has 0 aliphatic rings. The van der Waals surface area contributed by atoms with Gasteiger partial charge >= 0.3 is 12.1 Å². The van der Waals surface area contributed by atoms with Crippen molar-refractivity contribution in [3.8, 4) is 11.5 Å². The number of non-ortho nitro benzene ring substituents is 1. The molecule has 1 heterocycles. The Morgan fingerprint density at radius 2 is 1.75 bits per heavy atom. The van der Waals surface area contributed by atoms with Crippen molar-refractivity contribution in [2.24, 2.45) is 0 Å². The maximum Gasteiger partial charge on any atom is 0.423 e. The van der Waals surface area contributed by atoms with Gasteiger partial charge in [-0.2, -0.15) is 13.2 Å². The Morgan fingerprint density at radius 1 is 1.02 bits per heavy atom. The second-order valence-corrected chi connectivity index (χ2v) is 9.92. The number of nitrogens with one attached hydrogen (secondary N) is 1. The van der Waals surface area contributed by atoms with Gasteiger partial charge in [0.25, 0.3) is 11.6 Å². The fourth-order valence-electron chi connectivity index (χ4n) is 4.64. The quantitative estimate of drug-likeness (QED) is 0.146. The Morgan fingerprint density at radius 3 is 2.39 bits per heavy atom. The summed E-state index contributed by atoms with van der Waals surface area (Å²) in [5.74, 6) is -1.68. The molecule has 0 bridgehead atoms. The maximum absolute atomic E-state index is 14.5. The monoisotopic (exact) mass is 615 g/mol. The lowest BCUT2D eigenvalue weighted by Crippen LogP contribution is -2.51. The lowest BCUT2D eigenvalue weighted by atomic mass is 9.92. The third-order valence-corrected chi connectivity index (χ3v) is 6.94. The third kappa shape index (κ3) is 7.09. The molecule has 0 fully saturated rings. The second kappa shape index (κ2) is 13.0. The van der Waals surface area contributed by atoms with E-state index in [9.17, 15) is 38.0 Å². The fourth-order valence-corrected chi connectivity index (χ4v) is 4.64. The number of alkyl halides is 3. The zero-order valence-electron chi connectivity index (χ0n) is 23.3. The number of hydrogen-bond acceptors (Lipinski definition) is 7. The molecule has 4 aromatic rings. The van der Waals surface area contributed by atoms with Crippen molar-refractivity contribution in [1.82, 2.24) is 9.88 Å². The number of amides is 1. The summed E-state index contributed by atoms with van der Waals surface area (Å²) in [6, 6.07) is 16.5. The van der Waals surface area contributed by atoms with E-state index in [1.54, 1.807) is 36.4 Å². The molecule has 0 spiro atoms. The van der Waals surface area contributed by atoms with E-state index in [4.69, 9.17) is 14.6 Å². The second-order valence-electron chi connectivity index (χ2n) is 9.92. The smallest absolute Gasteiger partial charge is 0.423 e. The first-order valence-electron chi connectivity index (χ1n) is 13.2. The Kier molecular flexibility index (Phi) is 9.43. The number of carboxylic acids is 1. The van der Waals surface area contributed by atoms with Crippen LogP contribution in [0.15, 0.2) is 72.9 Å². The van der Waals surface area contributed by atoms with Gasteiger partial charge in [0, 0.05) is 42.2 Å². The zero-order valence-corrected chi connectivity index (χ0v) is 23.3. The molecular weight excluding hydrogens is 587 g/mol. The molecule has 3 N–H and O–H groups in total. The first kappa shape index (κ1) is 31.8. The molecule has 1 unspecified atom stereocenters. The van der Waals surface area contributed by atoms with Crippen LogP contribution in [0.2, 0.25) is 0 Å². The number of nitro benzene ring substituents is 1. The molecule has 0 aliphatic heterocycles. The van der Waals surface area contributed by atoms with Crippen LogP contribution in [0.1, 0.15) is 23.1 Å². The minimum absolute atomic E-state index is 0.0591. The van der Waals surface area contributed by atoms with E-state index in [-0.39, 0.29) is 47.5 Å². The first-order chi connectivity index (χ1) is 20.8. The number of carbonyl (C=O) groups excluding carboxylic acids is 1. The first-order valence-corrected chi connectivity index (χ1v) is 13.2. The zero-order chi connectivity index (χ0) is 32.1. The van der Waals surface area contributed by atoms with Crippen molar-refractivity contribution in [2.45, 2.75) is 31.2 Å². The number of fused-ring (bicyclic) bond motifs is 1. The summed E-state index contributed by atoms with van der Waals surface area (Å²) in [4.78, 5) is 34.1. The normalized spacial score (nSPS) is 12.8. The Balaban J connectivity index is 1.57. The summed E-state index contributed by atoms with van der Waals surface area (Å²) < 4.78 is 55.5. The lowest BCUT2D eigenvalue weighted by molar-refractivity contribution is -0.384. The highest BCUT2D eigenvalue weighted by atomic mass is 19.4. The van der Waals surface area contributed by atoms with Crippen molar-refractivity contribution in [3.05, 3.63) is 99.7 Å². The van der Waals surface area contributed by atoms with E-state index >= 15 is 0 Å². The van der Waals surface area contributed by atoms with Crippen molar-refractivity contribution in [1.29, 1.82) is 0 Å². The van der Waals surface area contributed by atoms with E-state index in [2.05, 4.69) is 5.32 Å². The number of rotatable bonds is 13. The molecule has 1 atom stereocenters. The fraction of sp³-hybridized carbons (Fsp3) is 0.267. The van der Waals surface area contributed by atoms with Crippen LogP contribution in [0.5, 0.6) is 11.5 Å². The predicted molar refractivity (Wildman–Crippen MR) is 152 cm³/mol. The highest BCUT2D eigenvalue weighted by Crippen LogP contribution is 2.43. The van der Waals surface area contributed by atoms with Gasteiger partial charge in [-0.15, -0.1) is 0 Å². The van der Waals surface area contributed by atoms with Gasteiger partial charge < -0.3 is 29.6 Å². The van der Waals surface area contributed by atoms with Gasteiger partial charge in [0.15, 0.2) is 18.1 Å². The minimum atomic E-state index is -5.26. The highest BCUT2D eigenvalue weighted by Gasteiger charge is 2.56. The van der Waals surface area contributed by atoms with Gasteiger partial charge in [-0.25, -0.2) is 0 Å². The van der Waals surface area contributed by atoms with Crippen LogP contribution in [0.3, 0.4) is 0 Å². The Labute approximate surface area is 248 Å².